The molecule has 1 atom stereocenters. The second kappa shape index (κ2) is 10.4. The van der Waals surface area contributed by atoms with Gasteiger partial charge in [-0.1, -0.05) is 42.0 Å². The van der Waals surface area contributed by atoms with E-state index in [1.54, 1.807) is 25.1 Å². The van der Waals surface area contributed by atoms with Crippen molar-refractivity contribution < 1.29 is 18.0 Å². The summed E-state index contributed by atoms with van der Waals surface area (Å²) in [5.41, 5.74) is 2.71. The van der Waals surface area contributed by atoms with Crippen LogP contribution < -0.4 is 9.62 Å². The number of nitrogens with one attached hydrogen (secondary N) is 1. The van der Waals surface area contributed by atoms with Gasteiger partial charge in [-0.2, -0.15) is 0 Å². The maximum absolute atomic E-state index is 13.5. The number of sulfonamides is 1. The van der Waals surface area contributed by atoms with Gasteiger partial charge < -0.3 is 10.2 Å². The molecule has 0 spiro atoms. The van der Waals surface area contributed by atoms with Crippen LogP contribution in [0.25, 0.3) is 0 Å². The summed E-state index contributed by atoms with van der Waals surface area (Å²) in [7, 11) is -3.73. The first-order valence-electron chi connectivity index (χ1n) is 10.9. The van der Waals surface area contributed by atoms with Crippen LogP contribution in [-0.4, -0.2) is 49.5 Å². The van der Waals surface area contributed by atoms with Crippen molar-refractivity contribution in [3.8, 4) is 0 Å². The lowest BCUT2D eigenvalue weighted by atomic mass is 10.1. The first kappa shape index (κ1) is 26.4. The van der Waals surface area contributed by atoms with E-state index < -0.39 is 34.1 Å². The van der Waals surface area contributed by atoms with E-state index in [-0.39, 0.29) is 12.5 Å². The highest BCUT2D eigenvalue weighted by Crippen LogP contribution is 2.20. The number of rotatable bonds is 8. The van der Waals surface area contributed by atoms with E-state index in [2.05, 4.69) is 5.32 Å². The molecule has 0 aliphatic rings. The third-order valence-electron chi connectivity index (χ3n) is 5.07. The highest BCUT2D eigenvalue weighted by Gasteiger charge is 2.31. The van der Waals surface area contributed by atoms with Crippen LogP contribution in [0.1, 0.15) is 44.4 Å². The summed E-state index contributed by atoms with van der Waals surface area (Å²) < 4.78 is 26.2. The molecule has 8 heteroatoms. The van der Waals surface area contributed by atoms with E-state index >= 15 is 0 Å². The minimum Gasteiger partial charge on any atom is -0.350 e. The number of carbonyl (C=O) groups is 2. The molecule has 7 nitrogen and oxygen atoms in total. The van der Waals surface area contributed by atoms with Crippen LogP contribution in [0.5, 0.6) is 0 Å². The number of benzene rings is 2. The summed E-state index contributed by atoms with van der Waals surface area (Å²) in [6, 6.07) is 13.9. The smallest absolute Gasteiger partial charge is 0.244 e. The monoisotopic (exact) mass is 473 g/mol. The molecular weight excluding hydrogens is 438 g/mol. The molecule has 2 aromatic carbocycles. The van der Waals surface area contributed by atoms with Crippen molar-refractivity contribution in [1.82, 2.24) is 10.2 Å². The lowest BCUT2D eigenvalue weighted by molar-refractivity contribution is -0.140. The summed E-state index contributed by atoms with van der Waals surface area (Å²) >= 11 is 0. The van der Waals surface area contributed by atoms with Gasteiger partial charge in [-0.15, -0.1) is 0 Å². The van der Waals surface area contributed by atoms with Crippen LogP contribution in [0.3, 0.4) is 0 Å². The van der Waals surface area contributed by atoms with Gasteiger partial charge in [-0.05, 0) is 64.8 Å². The van der Waals surface area contributed by atoms with Crippen LogP contribution in [0.15, 0.2) is 48.5 Å². The average Bonchev–Trinajstić information content (AvgIpc) is 2.67. The van der Waals surface area contributed by atoms with Gasteiger partial charge in [0.2, 0.25) is 21.8 Å². The SMILES string of the molecule is Cc1cccc(CN(C(=O)CN(c2cccc(C)c2)S(C)(=O)=O)[C@@H](C)C(=O)NC(C)(C)C)c1. The minimum atomic E-state index is -3.73. The maximum Gasteiger partial charge on any atom is 0.244 e. The quantitative estimate of drug-likeness (QED) is 0.637. The van der Waals surface area contributed by atoms with Crippen molar-refractivity contribution in [2.24, 2.45) is 0 Å². The van der Waals surface area contributed by atoms with Gasteiger partial charge in [-0.3, -0.25) is 13.9 Å². The van der Waals surface area contributed by atoms with Crippen molar-refractivity contribution in [2.75, 3.05) is 17.1 Å². The van der Waals surface area contributed by atoms with Gasteiger partial charge in [0.15, 0.2) is 0 Å². The van der Waals surface area contributed by atoms with E-state index in [1.807, 2.05) is 65.0 Å². The Morgan fingerprint density at radius 2 is 1.58 bits per heavy atom. The van der Waals surface area contributed by atoms with E-state index in [4.69, 9.17) is 0 Å². The number of nitrogens with zero attached hydrogens (tertiary/aromatic N) is 2. The molecular formula is C25H35N3O4S. The van der Waals surface area contributed by atoms with Crippen LogP contribution in [0, 0.1) is 13.8 Å². The summed E-state index contributed by atoms with van der Waals surface area (Å²) in [5.74, 6) is -0.759. The van der Waals surface area contributed by atoms with E-state index in [0.717, 1.165) is 27.3 Å². The second-order valence-electron chi connectivity index (χ2n) is 9.53. The molecule has 0 saturated heterocycles. The van der Waals surface area contributed by atoms with Crippen LogP contribution >= 0.6 is 0 Å². The Balaban J connectivity index is 2.41. The van der Waals surface area contributed by atoms with E-state index in [1.165, 1.54) is 4.90 Å². The summed E-state index contributed by atoms with van der Waals surface area (Å²) in [6.45, 7) is 10.9. The highest BCUT2D eigenvalue weighted by atomic mass is 32.2. The Morgan fingerprint density at radius 3 is 2.09 bits per heavy atom. The Kier molecular flexibility index (Phi) is 8.30. The molecule has 33 heavy (non-hydrogen) atoms. The molecule has 0 fully saturated rings. The van der Waals surface area contributed by atoms with Crippen molar-refractivity contribution in [3.63, 3.8) is 0 Å². The molecule has 1 N–H and O–H groups in total. The number of aryl methyl sites for hydroxylation is 2. The molecule has 0 heterocycles. The summed E-state index contributed by atoms with van der Waals surface area (Å²) in [4.78, 5) is 27.9. The van der Waals surface area contributed by atoms with Crippen molar-refractivity contribution in [2.45, 2.75) is 59.7 Å². The normalized spacial score (nSPS) is 12.7. The zero-order valence-corrected chi connectivity index (χ0v) is 21.4. The highest BCUT2D eigenvalue weighted by molar-refractivity contribution is 7.92. The maximum atomic E-state index is 13.5. The van der Waals surface area contributed by atoms with E-state index in [0.29, 0.717) is 5.69 Å². The molecule has 0 unspecified atom stereocenters. The predicted molar refractivity (Wildman–Crippen MR) is 132 cm³/mol. The lowest BCUT2D eigenvalue weighted by Gasteiger charge is -2.33. The third-order valence-corrected chi connectivity index (χ3v) is 6.21. The number of hydrogen-bond donors (Lipinski definition) is 1. The van der Waals surface area contributed by atoms with Gasteiger partial charge in [0, 0.05) is 12.1 Å². The number of anilines is 1. The van der Waals surface area contributed by atoms with Gasteiger partial charge in [0.25, 0.3) is 0 Å². The zero-order valence-electron chi connectivity index (χ0n) is 20.5. The predicted octanol–water partition coefficient (Wildman–Crippen LogP) is 3.40. The first-order valence-corrected chi connectivity index (χ1v) is 12.7. The molecule has 2 amide bonds. The lowest BCUT2D eigenvalue weighted by Crippen LogP contribution is -2.54. The molecule has 2 rings (SSSR count). The Labute approximate surface area is 197 Å². The third kappa shape index (κ3) is 7.89. The topological polar surface area (TPSA) is 86.8 Å². The molecule has 180 valence electrons. The minimum absolute atomic E-state index is 0.185. The fraction of sp³-hybridized carbons (Fsp3) is 0.440. The zero-order chi connectivity index (χ0) is 25.0. The van der Waals surface area contributed by atoms with Gasteiger partial charge in [0.05, 0.1) is 11.9 Å². The molecule has 2 aromatic rings. The Hall–Kier alpha value is -2.87. The van der Waals surface area contributed by atoms with Crippen molar-refractivity contribution in [1.29, 1.82) is 0 Å². The second-order valence-corrected chi connectivity index (χ2v) is 11.4. The van der Waals surface area contributed by atoms with Gasteiger partial charge >= 0.3 is 0 Å². The first-order chi connectivity index (χ1) is 15.2. The van der Waals surface area contributed by atoms with Crippen molar-refractivity contribution in [3.05, 3.63) is 65.2 Å². The van der Waals surface area contributed by atoms with Gasteiger partial charge in [-0.25, -0.2) is 8.42 Å². The van der Waals surface area contributed by atoms with Crippen molar-refractivity contribution >= 4 is 27.5 Å². The molecule has 0 radical (unpaired) electrons. The summed E-state index contributed by atoms with van der Waals surface area (Å²) in [5, 5.41) is 2.91. The molecule has 0 bridgehead atoms. The Morgan fingerprint density at radius 1 is 1.00 bits per heavy atom. The molecule has 0 saturated carbocycles. The van der Waals surface area contributed by atoms with E-state index in [9.17, 15) is 18.0 Å². The molecule has 0 aliphatic heterocycles. The summed E-state index contributed by atoms with van der Waals surface area (Å²) in [6.07, 6.45) is 1.07. The molecule has 0 aliphatic carbocycles. The number of amides is 2. The van der Waals surface area contributed by atoms with Crippen LogP contribution in [0.2, 0.25) is 0 Å². The Bertz CT molecular complexity index is 1110. The number of carbonyl (C=O) groups excluding carboxylic acids is 2. The fourth-order valence-electron chi connectivity index (χ4n) is 3.46. The number of hydrogen-bond acceptors (Lipinski definition) is 4. The van der Waals surface area contributed by atoms with Crippen LogP contribution in [0.4, 0.5) is 5.69 Å². The van der Waals surface area contributed by atoms with Gasteiger partial charge in [0.1, 0.15) is 12.6 Å². The van der Waals surface area contributed by atoms with Crippen LogP contribution in [-0.2, 0) is 26.2 Å². The largest absolute Gasteiger partial charge is 0.350 e. The standard InChI is InChI=1S/C25H35N3O4S/c1-18-10-8-12-21(14-18)16-27(20(3)24(30)26-25(4,5)6)23(29)17-28(33(7,31)32)22-13-9-11-19(2)15-22/h8-15,20H,16-17H2,1-7H3,(H,26,30)/t20-/m0/s1. The molecule has 0 aromatic heterocycles. The fourth-order valence-corrected chi connectivity index (χ4v) is 4.30. The average molecular weight is 474 g/mol.